The van der Waals surface area contributed by atoms with Gasteiger partial charge in [-0.05, 0) is 0 Å². The van der Waals surface area contributed by atoms with Crippen molar-refractivity contribution in [3.05, 3.63) is 0 Å². The quantitative estimate of drug-likeness (QED) is 0.173. The molecule has 0 aliphatic carbocycles. The molecule has 0 fully saturated rings. The largest absolute Gasteiger partial charge is 0.473 e. The number of hydrogen-bond donors (Lipinski definition) is 2. The zero-order valence-corrected chi connectivity index (χ0v) is 20.8. The summed E-state index contributed by atoms with van der Waals surface area (Å²) in [7, 11) is 0. The Labute approximate surface area is 211 Å². The molecule has 2 N–H and O–H groups in total. The van der Waals surface area contributed by atoms with Gasteiger partial charge in [-0.1, -0.05) is 0 Å². The SMILES string of the molecule is O=C(O)C(=O)OC(=O)C(=O)OC(=O)C(=O)O.[Y].[Y].[Y].[Y]. The molecular formula is C6H2O10Y4. The standard InChI is InChI=1S/C6H2O10.4Y/c7-1(8)3(11)15-5(13)6(14)16-4(12)2(9)10;;;;/h(H,7,8)(H,9,10);;;;. The molecule has 0 saturated heterocycles. The minimum Gasteiger partial charge on any atom is -0.473 e. The van der Waals surface area contributed by atoms with Gasteiger partial charge in [0.2, 0.25) is 0 Å². The number of aliphatic carboxylic acids is 2. The van der Waals surface area contributed by atoms with Crippen LogP contribution in [0.1, 0.15) is 0 Å². The maximum Gasteiger partial charge on any atom is 0.426 e. The molecule has 0 rings (SSSR count). The summed E-state index contributed by atoms with van der Waals surface area (Å²) in [5, 5.41) is 15.9. The van der Waals surface area contributed by atoms with Crippen molar-refractivity contribution in [3.8, 4) is 0 Å². The second-order valence-electron chi connectivity index (χ2n) is 1.96. The van der Waals surface area contributed by atoms with Crippen LogP contribution in [0.2, 0.25) is 0 Å². The van der Waals surface area contributed by atoms with Gasteiger partial charge in [0, 0.05) is 131 Å². The van der Waals surface area contributed by atoms with E-state index in [0.29, 0.717) is 0 Å². The molecule has 14 heteroatoms. The average molecular weight is 590 g/mol. The molecule has 0 aromatic carbocycles. The van der Waals surface area contributed by atoms with Crippen LogP contribution in [0.25, 0.3) is 0 Å². The van der Waals surface area contributed by atoms with Gasteiger partial charge in [-0.25, -0.2) is 28.8 Å². The number of esters is 4. The Morgan fingerprint density at radius 1 is 0.500 bits per heavy atom. The summed E-state index contributed by atoms with van der Waals surface area (Å²) in [5.74, 6) is -12.7. The van der Waals surface area contributed by atoms with E-state index in [9.17, 15) is 28.8 Å². The maximum absolute atomic E-state index is 10.5. The van der Waals surface area contributed by atoms with Crippen molar-refractivity contribution in [1.29, 1.82) is 0 Å². The molecule has 0 aliphatic heterocycles. The van der Waals surface area contributed by atoms with E-state index in [-0.39, 0.29) is 131 Å². The smallest absolute Gasteiger partial charge is 0.426 e. The van der Waals surface area contributed by atoms with E-state index in [1.807, 2.05) is 0 Å². The third kappa shape index (κ3) is 14.6. The van der Waals surface area contributed by atoms with Crippen molar-refractivity contribution in [2.24, 2.45) is 0 Å². The first-order valence-electron chi connectivity index (χ1n) is 3.24. The molecule has 4 radical (unpaired) electrons. The summed E-state index contributed by atoms with van der Waals surface area (Å²) < 4.78 is 6.71. The number of carboxylic acids is 2. The zero-order valence-electron chi connectivity index (χ0n) is 9.47. The van der Waals surface area contributed by atoms with Gasteiger partial charge in [-0.15, -0.1) is 0 Å². The number of carboxylic acid groups (broad SMARTS) is 2. The Morgan fingerprint density at radius 3 is 0.850 bits per heavy atom. The minimum atomic E-state index is -2.16. The first-order chi connectivity index (χ1) is 7.25. The fourth-order valence-corrected chi connectivity index (χ4v) is 0.339. The van der Waals surface area contributed by atoms with Gasteiger partial charge in [0.1, 0.15) is 0 Å². The van der Waals surface area contributed by atoms with Gasteiger partial charge < -0.3 is 19.7 Å². The van der Waals surface area contributed by atoms with Gasteiger partial charge in [0.05, 0.1) is 0 Å². The molecule has 0 heterocycles. The second kappa shape index (κ2) is 17.0. The average Bonchev–Trinajstić information content (AvgIpc) is 2.16. The van der Waals surface area contributed by atoms with Crippen molar-refractivity contribution in [1.82, 2.24) is 0 Å². The van der Waals surface area contributed by atoms with Crippen LogP contribution in [0.4, 0.5) is 0 Å². The van der Waals surface area contributed by atoms with Gasteiger partial charge in [-0.3, -0.25) is 0 Å². The number of carbonyl (C=O) groups is 6. The van der Waals surface area contributed by atoms with Crippen molar-refractivity contribution >= 4 is 35.8 Å². The van der Waals surface area contributed by atoms with Crippen LogP contribution in [0.5, 0.6) is 0 Å². The van der Waals surface area contributed by atoms with E-state index in [1.54, 1.807) is 0 Å². The predicted octanol–water partition coefficient (Wildman–Crippen LogP) is -2.71. The minimum absolute atomic E-state index is 0. The summed E-state index contributed by atoms with van der Waals surface area (Å²) in [6.45, 7) is 0. The van der Waals surface area contributed by atoms with Gasteiger partial charge >= 0.3 is 35.8 Å². The molecule has 0 saturated carbocycles. The van der Waals surface area contributed by atoms with Gasteiger partial charge in [-0.2, -0.15) is 0 Å². The Balaban J connectivity index is -0.000000187. The summed E-state index contributed by atoms with van der Waals surface area (Å²) in [5.41, 5.74) is 0. The van der Waals surface area contributed by atoms with E-state index in [0.717, 1.165) is 0 Å². The fourth-order valence-electron chi connectivity index (χ4n) is 0.339. The summed E-state index contributed by atoms with van der Waals surface area (Å²) >= 11 is 0. The van der Waals surface area contributed by atoms with Crippen LogP contribution in [0.3, 0.4) is 0 Å². The van der Waals surface area contributed by atoms with Crippen LogP contribution >= 0.6 is 0 Å². The number of hydrogen-bond acceptors (Lipinski definition) is 8. The zero-order chi connectivity index (χ0) is 12.9. The molecule has 0 aromatic rings. The molecule has 20 heavy (non-hydrogen) atoms. The third-order valence-electron chi connectivity index (χ3n) is 0.887. The maximum atomic E-state index is 10.5. The molecule has 0 aliphatic rings. The molecule has 0 spiro atoms. The van der Waals surface area contributed by atoms with E-state index < -0.39 is 35.8 Å². The van der Waals surface area contributed by atoms with Crippen LogP contribution in [-0.2, 0) is 169 Å². The van der Waals surface area contributed by atoms with Crippen LogP contribution in [-0.4, -0.2) is 46.0 Å². The predicted molar refractivity (Wildman–Crippen MR) is 37.5 cm³/mol. The van der Waals surface area contributed by atoms with Crippen LogP contribution in [0, 0.1) is 0 Å². The van der Waals surface area contributed by atoms with Crippen molar-refractivity contribution in [3.63, 3.8) is 0 Å². The third-order valence-corrected chi connectivity index (χ3v) is 0.887. The second-order valence-corrected chi connectivity index (χ2v) is 1.96. The van der Waals surface area contributed by atoms with Crippen LogP contribution in [0.15, 0.2) is 0 Å². The Hall–Kier alpha value is 1.64. The summed E-state index contributed by atoms with van der Waals surface area (Å²) in [4.78, 5) is 61.1. The fraction of sp³-hybridized carbons (Fsp3) is 0. The summed E-state index contributed by atoms with van der Waals surface area (Å²) in [6.07, 6.45) is 0. The van der Waals surface area contributed by atoms with Crippen molar-refractivity contribution in [2.75, 3.05) is 0 Å². The van der Waals surface area contributed by atoms with Crippen molar-refractivity contribution in [2.45, 2.75) is 0 Å². The Bertz CT molecular complexity index is 367. The van der Waals surface area contributed by atoms with Gasteiger partial charge in [0.25, 0.3) is 0 Å². The van der Waals surface area contributed by atoms with Crippen molar-refractivity contribution < 1.29 is 179 Å². The number of rotatable bonds is 0. The van der Waals surface area contributed by atoms with E-state index >= 15 is 0 Å². The first kappa shape index (κ1) is 33.3. The van der Waals surface area contributed by atoms with Crippen LogP contribution < -0.4 is 0 Å². The Kier molecular flexibility index (Phi) is 28.3. The molecule has 0 amide bonds. The number of ether oxygens (including phenoxy) is 2. The molecule has 98 valence electrons. The first-order valence-corrected chi connectivity index (χ1v) is 3.24. The Morgan fingerprint density at radius 2 is 0.700 bits per heavy atom. The molecule has 0 aromatic heterocycles. The molecule has 10 nitrogen and oxygen atoms in total. The topological polar surface area (TPSA) is 161 Å². The molecule has 0 bridgehead atoms. The van der Waals surface area contributed by atoms with E-state index in [4.69, 9.17) is 10.2 Å². The molecular weight excluding hydrogens is 588 g/mol. The molecule has 0 unspecified atom stereocenters. The van der Waals surface area contributed by atoms with Gasteiger partial charge in [0.15, 0.2) is 0 Å². The van der Waals surface area contributed by atoms with E-state index in [1.165, 1.54) is 0 Å². The molecule has 0 atom stereocenters. The number of carbonyl (C=O) groups excluding carboxylic acids is 4. The monoisotopic (exact) mass is 590 g/mol. The summed E-state index contributed by atoms with van der Waals surface area (Å²) in [6, 6.07) is 0. The normalized spacial score (nSPS) is 7.00. The van der Waals surface area contributed by atoms with E-state index in [2.05, 4.69) is 9.47 Å².